The van der Waals surface area contributed by atoms with Crippen molar-refractivity contribution in [3.63, 3.8) is 0 Å². The number of rotatable bonds is 1. The summed E-state index contributed by atoms with van der Waals surface area (Å²) in [6.45, 7) is 0. The molecule has 3 rings (SSSR count). The lowest BCUT2D eigenvalue weighted by Crippen LogP contribution is -2.15. The summed E-state index contributed by atoms with van der Waals surface area (Å²) in [6.07, 6.45) is 2.54. The van der Waals surface area contributed by atoms with Crippen LogP contribution in [0.5, 0.6) is 0 Å². The van der Waals surface area contributed by atoms with Gasteiger partial charge in [0, 0.05) is 16.2 Å². The number of benzene rings is 1. The van der Waals surface area contributed by atoms with Crippen LogP contribution >= 0.6 is 11.8 Å². The van der Waals surface area contributed by atoms with E-state index in [2.05, 4.69) is 6.07 Å². The van der Waals surface area contributed by atoms with E-state index in [4.69, 9.17) is 9.47 Å². The Balaban J connectivity index is 1.97. The molecule has 2 aliphatic rings. The molecule has 4 heteroatoms. The van der Waals surface area contributed by atoms with E-state index < -0.39 is 5.97 Å². The Kier molecular flexibility index (Phi) is 2.88. The third kappa shape index (κ3) is 1.82. The molecule has 0 aromatic heterocycles. The van der Waals surface area contributed by atoms with Crippen molar-refractivity contribution in [3.8, 4) is 0 Å². The second-order valence-corrected chi connectivity index (χ2v) is 5.10. The molecule has 0 N–H and O–H groups in total. The van der Waals surface area contributed by atoms with E-state index >= 15 is 0 Å². The quantitative estimate of drug-likeness (QED) is 0.727. The van der Waals surface area contributed by atoms with Gasteiger partial charge in [0.2, 0.25) is 5.76 Å². The first-order chi connectivity index (χ1) is 8.79. The number of carbonyl (C=O) groups excluding carboxylic acids is 1. The largest absolute Gasteiger partial charge is 0.463 e. The predicted molar refractivity (Wildman–Crippen MR) is 69.9 cm³/mol. The summed E-state index contributed by atoms with van der Waals surface area (Å²) in [5, 5.41) is 0. The van der Waals surface area contributed by atoms with Crippen LogP contribution in [0, 0.1) is 0 Å². The van der Waals surface area contributed by atoms with Crippen LogP contribution in [0.1, 0.15) is 12.0 Å². The van der Waals surface area contributed by atoms with Crippen molar-refractivity contribution in [2.75, 3.05) is 12.9 Å². The molecule has 0 atom stereocenters. The minimum Gasteiger partial charge on any atom is -0.463 e. The summed E-state index contributed by atoms with van der Waals surface area (Å²) < 4.78 is 10.4. The molecule has 0 saturated heterocycles. The fourth-order valence-electron chi connectivity index (χ4n) is 2.07. The van der Waals surface area contributed by atoms with Crippen LogP contribution in [-0.4, -0.2) is 18.8 Å². The zero-order valence-corrected chi connectivity index (χ0v) is 10.8. The predicted octanol–water partition coefficient (Wildman–Crippen LogP) is 2.98. The molecule has 0 aliphatic carbocycles. The number of ether oxygens (including phenoxy) is 2. The van der Waals surface area contributed by atoms with Crippen LogP contribution in [0.2, 0.25) is 0 Å². The Morgan fingerprint density at radius 1 is 1.39 bits per heavy atom. The van der Waals surface area contributed by atoms with E-state index in [-0.39, 0.29) is 5.76 Å². The number of esters is 1. The summed E-state index contributed by atoms with van der Waals surface area (Å²) >= 11 is 1.81. The Bertz CT molecular complexity index is 572. The van der Waals surface area contributed by atoms with E-state index in [1.54, 1.807) is 17.8 Å². The van der Waals surface area contributed by atoms with Gasteiger partial charge in [-0.15, -0.1) is 11.8 Å². The molecule has 18 heavy (non-hydrogen) atoms. The smallest absolute Gasteiger partial charge is 0.373 e. The summed E-state index contributed by atoms with van der Waals surface area (Å²) in [5.41, 5.74) is 2.30. The van der Waals surface area contributed by atoms with Gasteiger partial charge in [-0.1, -0.05) is 18.2 Å². The molecule has 0 saturated carbocycles. The normalized spacial score (nSPS) is 17.3. The van der Waals surface area contributed by atoms with Gasteiger partial charge in [0.25, 0.3) is 0 Å². The van der Waals surface area contributed by atoms with E-state index in [9.17, 15) is 4.79 Å². The minimum atomic E-state index is -0.419. The molecule has 2 aliphatic heterocycles. The van der Waals surface area contributed by atoms with Crippen molar-refractivity contribution in [1.29, 1.82) is 0 Å². The first-order valence-corrected chi connectivity index (χ1v) is 6.68. The highest BCUT2D eigenvalue weighted by molar-refractivity contribution is 7.99. The lowest BCUT2D eigenvalue weighted by molar-refractivity contribution is -0.139. The van der Waals surface area contributed by atoms with E-state index in [0.29, 0.717) is 0 Å². The van der Waals surface area contributed by atoms with Crippen LogP contribution < -0.4 is 0 Å². The lowest BCUT2D eigenvalue weighted by atomic mass is 10.0. The van der Waals surface area contributed by atoms with E-state index in [1.807, 2.05) is 18.2 Å². The lowest BCUT2D eigenvalue weighted by Gasteiger charge is -2.25. The standard InChI is InChI=1S/C14H12O3S/c1-16-14(15)11-7-6-9-8-18-12-5-3-2-4-10(12)13(9)17-11/h2-5,7H,6,8H2,1H3. The van der Waals surface area contributed by atoms with Crippen molar-refractivity contribution in [2.45, 2.75) is 11.3 Å². The number of fused-ring (bicyclic) bond motifs is 2. The third-order valence-corrected chi connectivity index (χ3v) is 4.15. The average molecular weight is 260 g/mol. The van der Waals surface area contributed by atoms with Crippen LogP contribution in [0.15, 0.2) is 46.6 Å². The van der Waals surface area contributed by atoms with Gasteiger partial charge in [-0.05, 0) is 24.1 Å². The van der Waals surface area contributed by atoms with Crippen molar-refractivity contribution >= 4 is 23.5 Å². The highest BCUT2D eigenvalue weighted by Crippen LogP contribution is 2.41. The van der Waals surface area contributed by atoms with Crippen LogP contribution in [0.25, 0.3) is 5.76 Å². The molecule has 92 valence electrons. The Labute approximate surface area is 109 Å². The molecule has 0 bridgehead atoms. The van der Waals surface area contributed by atoms with Gasteiger partial charge >= 0.3 is 5.97 Å². The maximum Gasteiger partial charge on any atom is 0.373 e. The van der Waals surface area contributed by atoms with Gasteiger partial charge in [0.15, 0.2) is 0 Å². The monoisotopic (exact) mass is 260 g/mol. The summed E-state index contributed by atoms with van der Waals surface area (Å²) in [6, 6.07) is 8.09. The molecule has 2 heterocycles. The zero-order chi connectivity index (χ0) is 12.5. The second-order valence-electron chi connectivity index (χ2n) is 4.08. The highest BCUT2D eigenvalue weighted by Gasteiger charge is 2.26. The Morgan fingerprint density at radius 2 is 2.22 bits per heavy atom. The third-order valence-electron chi connectivity index (χ3n) is 2.99. The fraction of sp³-hybridized carbons (Fsp3) is 0.214. The van der Waals surface area contributed by atoms with Crippen LogP contribution in [-0.2, 0) is 14.3 Å². The van der Waals surface area contributed by atoms with Crippen molar-refractivity contribution in [2.24, 2.45) is 0 Å². The Hall–Kier alpha value is -1.68. The van der Waals surface area contributed by atoms with Gasteiger partial charge in [-0.3, -0.25) is 0 Å². The van der Waals surface area contributed by atoms with E-state index in [0.717, 1.165) is 23.5 Å². The molecule has 0 spiro atoms. The number of allylic oxidation sites excluding steroid dienone is 1. The molecule has 3 nitrogen and oxygen atoms in total. The van der Waals surface area contributed by atoms with Gasteiger partial charge in [0.1, 0.15) is 5.76 Å². The molecule has 1 aromatic rings. The number of hydrogen-bond donors (Lipinski definition) is 0. The highest BCUT2D eigenvalue weighted by atomic mass is 32.2. The second kappa shape index (κ2) is 4.53. The first-order valence-electron chi connectivity index (χ1n) is 5.70. The van der Waals surface area contributed by atoms with Crippen molar-refractivity contribution in [1.82, 2.24) is 0 Å². The fourth-order valence-corrected chi connectivity index (χ4v) is 3.14. The van der Waals surface area contributed by atoms with Gasteiger partial charge in [0.05, 0.1) is 7.11 Å². The molecule has 0 radical (unpaired) electrons. The molecular formula is C14H12O3S. The summed E-state index contributed by atoms with van der Waals surface area (Å²) in [7, 11) is 1.36. The molecule has 0 fully saturated rings. The van der Waals surface area contributed by atoms with Crippen LogP contribution in [0.4, 0.5) is 0 Å². The minimum absolute atomic E-state index is 0.290. The number of methoxy groups -OCH3 is 1. The summed E-state index contributed by atoms with van der Waals surface area (Å²) in [4.78, 5) is 12.7. The maximum absolute atomic E-state index is 11.5. The average Bonchev–Trinajstić information content (AvgIpc) is 2.45. The van der Waals surface area contributed by atoms with Crippen molar-refractivity contribution in [3.05, 3.63) is 47.2 Å². The topological polar surface area (TPSA) is 35.5 Å². The molecular weight excluding hydrogens is 248 g/mol. The van der Waals surface area contributed by atoms with Gasteiger partial charge < -0.3 is 9.47 Å². The van der Waals surface area contributed by atoms with Gasteiger partial charge in [-0.2, -0.15) is 0 Å². The van der Waals surface area contributed by atoms with Crippen molar-refractivity contribution < 1.29 is 14.3 Å². The maximum atomic E-state index is 11.5. The first kappa shape index (κ1) is 11.4. The van der Waals surface area contributed by atoms with Gasteiger partial charge in [-0.25, -0.2) is 4.79 Å². The molecule has 1 aromatic carbocycles. The number of carbonyl (C=O) groups is 1. The number of thioether (sulfide) groups is 1. The zero-order valence-electron chi connectivity index (χ0n) is 9.93. The molecule has 0 amide bonds. The SMILES string of the molecule is COC(=O)C1=CCC2=C(O1)c1ccccc1SC2. The summed E-state index contributed by atoms with van der Waals surface area (Å²) in [5.74, 6) is 1.61. The Morgan fingerprint density at radius 3 is 3.06 bits per heavy atom. The number of hydrogen-bond acceptors (Lipinski definition) is 4. The molecule has 0 unspecified atom stereocenters. The van der Waals surface area contributed by atoms with Crippen LogP contribution in [0.3, 0.4) is 0 Å². The van der Waals surface area contributed by atoms with E-state index in [1.165, 1.54) is 17.6 Å².